The molecule has 2 aromatic heterocycles. The van der Waals surface area contributed by atoms with Crippen LogP contribution < -0.4 is 20.8 Å². The first-order valence-electron chi connectivity index (χ1n) is 25.9. The molecule has 19 nitrogen and oxygen atoms in total. The van der Waals surface area contributed by atoms with E-state index in [4.69, 9.17) is 14.2 Å². The Hall–Kier alpha value is -6.00. The van der Waals surface area contributed by atoms with Crippen molar-refractivity contribution in [2.45, 2.75) is 113 Å². The number of aryl methyl sites for hydroxylation is 1. The normalized spacial score (nSPS) is 22.1. The third-order valence-corrected chi connectivity index (χ3v) is 17.9. The van der Waals surface area contributed by atoms with Crippen molar-refractivity contribution in [2.24, 2.45) is 11.0 Å². The number of hydrazone groups is 1. The van der Waals surface area contributed by atoms with Crippen molar-refractivity contribution < 1.29 is 47.4 Å². The van der Waals surface area contributed by atoms with Crippen LogP contribution in [0.25, 0.3) is 0 Å². The molecule has 75 heavy (non-hydrogen) atoms. The number of hydroxylamine groups is 2. The first-order chi connectivity index (χ1) is 36.1. The van der Waals surface area contributed by atoms with Gasteiger partial charge in [-0.25, -0.2) is 15.2 Å². The van der Waals surface area contributed by atoms with E-state index in [9.17, 15) is 28.8 Å². The number of piperidine rings is 1. The van der Waals surface area contributed by atoms with E-state index in [1.165, 1.54) is 6.07 Å². The van der Waals surface area contributed by atoms with Gasteiger partial charge in [-0.1, -0.05) is 21.6 Å². The molecule has 6 amide bonds. The summed E-state index contributed by atoms with van der Waals surface area (Å²) in [6, 6.07) is 12.7. The minimum absolute atomic E-state index is 0.0310. The first kappa shape index (κ1) is 53.8. The number of aromatic nitrogens is 2. The SMILES string of the molecule is BC12OB=C(Nc3ccc(CNC(=O)N4CCC(N5CCN(C(=O)CCSSC(C)(C)CC(=O)N/N=C6\CCCc7nc(OCCCC(=O)ON8C(=O)CCC8=O)ccc76)CC5)CC4)c(F)c3)C1C2c1cccnc1. The predicted molar refractivity (Wildman–Crippen MR) is 286 cm³/mol. The van der Waals surface area contributed by atoms with Crippen LogP contribution in [0.5, 0.6) is 5.88 Å². The average Bonchev–Trinajstić information content (AvgIpc) is 3.80. The Morgan fingerprint density at radius 3 is 2.51 bits per heavy atom. The summed E-state index contributed by atoms with van der Waals surface area (Å²) in [4.78, 5) is 94.8. The Bertz CT molecular complexity index is 2700. The van der Waals surface area contributed by atoms with Gasteiger partial charge in [0.15, 0.2) is 0 Å². The molecule has 4 fully saturated rings. The van der Waals surface area contributed by atoms with E-state index in [2.05, 4.69) is 49.9 Å². The minimum atomic E-state index is -0.684. The van der Waals surface area contributed by atoms with Crippen molar-refractivity contribution in [2.75, 3.05) is 56.9 Å². The molecule has 6 heterocycles. The number of halogens is 1. The molecule has 1 aromatic carbocycles. The molecular formula is C51H63B2FN10O9S2. The maximum absolute atomic E-state index is 15.3. The molecule has 4 aliphatic heterocycles. The molecule has 3 N–H and O–H groups in total. The van der Waals surface area contributed by atoms with Gasteiger partial charge >= 0.3 is 182 Å². The van der Waals surface area contributed by atoms with Gasteiger partial charge in [0.25, 0.3) is 11.8 Å². The summed E-state index contributed by atoms with van der Waals surface area (Å²) in [5.41, 5.74) is 7.84. The first-order valence-corrected chi connectivity index (χ1v) is 28.2. The number of piperazine rings is 1. The van der Waals surface area contributed by atoms with Crippen molar-refractivity contribution in [3.63, 3.8) is 0 Å². The molecule has 0 radical (unpaired) electrons. The van der Waals surface area contributed by atoms with E-state index < -0.39 is 28.3 Å². The summed E-state index contributed by atoms with van der Waals surface area (Å²) < 4.78 is 26.6. The molecule has 0 bridgehead atoms. The number of likely N-dealkylation sites (tertiary alicyclic amines) is 1. The summed E-state index contributed by atoms with van der Waals surface area (Å²) in [5, 5.41) is 11.3. The number of benzene rings is 1. The molecule has 3 aromatic rings. The van der Waals surface area contributed by atoms with Crippen molar-refractivity contribution in [3.8, 4) is 5.88 Å². The van der Waals surface area contributed by atoms with Crippen LogP contribution in [0.3, 0.4) is 0 Å². The number of fused-ring (bicyclic) bond motifs is 2. The zero-order valence-corrected chi connectivity index (χ0v) is 44.3. The number of nitrogens with one attached hydrogen (secondary N) is 3. The zero-order valence-electron chi connectivity index (χ0n) is 42.6. The number of carbonyl (C=O) groups is 6. The van der Waals surface area contributed by atoms with Gasteiger partial charge in [-0.2, -0.15) is 5.10 Å². The molecule has 3 unspecified atom stereocenters. The van der Waals surface area contributed by atoms with Crippen LogP contribution in [0, 0.1) is 11.7 Å². The van der Waals surface area contributed by atoms with Crippen LogP contribution in [0.15, 0.2) is 60.0 Å². The molecule has 3 saturated heterocycles. The number of pyridine rings is 2. The van der Waals surface area contributed by atoms with Crippen LogP contribution in [0.4, 0.5) is 14.9 Å². The molecule has 6 aliphatic rings. The number of hydrogen-bond donors (Lipinski definition) is 3. The second kappa shape index (κ2) is 23.9. The van der Waals surface area contributed by atoms with Crippen molar-refractivity contribution in [1.29, 1.82) is 0 Å². The summed E-state index contributed by atoms with van der Waals surface area (Å²) in [6.45, 7) is 8.37. The summed E-state index contributed by atoms with van der Waals surface area (Å²) >= 11 is 0. The van der Waals surface area contributed by atoms with E-state index >= 15 is 4.39 Å². The van der Waals surface area contributed by atoms with Crippen LogP contribution in [-0.4, -0.2) is 160 Å². The van der Waals surface area contributed by atoms with Crippen molar-refractivity contribution in [1.82, 2.24) is 40.5 Å². The van der Waals surface area contributed by atoms with Gasteiger partial charge in [-0.15, -0.1) is 5.06 Å². The summed E-state index contributed by atoms with van der Waals surface area (Å²) in [6.07, 6.45) is 8.49. The Morgan fingerprint density at radius 1 is 0.973 bits per heavy atom. The average molecular weight is 1060 g/mol. The van der Waals surface area contributed by atoms with E-state index in [1.54, 1.807) is 51.9 Å². The van der Waals surface area contributed by atoms with Crippen LogP contribution >= 0.6 is 21.6 Å². The second-order valence-corrected chi connectivity index (χ2v) is 23.6. The van der Waals surface area contributed by atoms with Gasteiger partial charge in [0.05, 0.1) is 24.4 Å². The Kier molecular flexibility index (Phi) is 17.2. The number of ether oxygens (including phenoxy) is 1. The fourth-order valence-electron chi connectivity index (χ4n) is 10.5. The number of rotatable bonds is 20. The number of hydrogen-bond acceptors (Lipinski definition) is 16. The van der Waals surface area contributed by atoms with Gasteiger partial charge in [-0.3, -0.25) is 24.1 Å². The van der Waals surface area contributed by atoms with Gasteiger partial charge < -0.3 is 14.5 Å². The third-order valence-electron chi connectivity index (χ3n) is 14.6. The molecule has 2 aliphatic carbocycles. The Labute approximate surface area is 445 Å². The number of urea groups is 1. The summed E-state index contributed by atoms with van der Waals surface area (Å²) in [7, 11) is 6.98. The molecule has 0 spiro atoms. The Morgan fingerprint density at radius 2 is 1.76 bits per heavy atom. The van der Waals surface area contributed by atoms with Gasteiger partial charge in [0.2, 0.25) is 17.7 Å². The van der Waals surface area contributed by atoms with E-state index in [-0.39, 0.29) is 74.0 Å². The number of nitrogens with zero attached hydrogens (tertiary/aromatic N) is 7. The monoisotopic (exact) mass is 1060 g/mol. The topological polar surface area (TPSA) is 217 Å². The van der Waals surface area contributed by atoms with Gasteiger partial charge in [0, 0.05) is 80.0 Å². The maximum atomic E-state index is 15.3. The molecule has 396 valence electrons. The Balaban J connectivity index is 0.618. The number of carbonyl (C=O) groups excluding carboxylic acids is 6. The third kappa shape index (κ3) is 13.3. The zero-order chi connectivity index (χ0) is 52.7. The van der Waals surface area contributed by atoms with Crippen LogP contribution in [0.1, 0.15) is 106 Å². The summed E-state index contributed by atoms with van der Waals surface area (Å²) in [5.74, 6) is -0.864. The fraction of sp³-hybridized carbons (Fsp3) is 0.529. The predicted octanol–water partition coefficient (Wildman–Crippen LogP) is 3.93. The molecule has 24 heteroatoms. The van der Waals surface area contributed by atoms with Gasteiger partial charge in [-0.05, 0) is 45.6 Å². The van der Waals surface area contributed by atoms with E-state index in [0.717, 1.165) is 66.9 Å². The second-order valence-electron chi connectivity index (χ2n) is 20.5. The fourth-order valence-corrected chi connectivity index (χ4v) is 13.0. The molecule has 1 saturated carbocycles. The standard InChI is InChI=1S/C51H63B2FN10O9S2/c1-50(2,29-40(65)60-59-39-8-3-7-38-36(39)12-13-41(58-38)71-26-5-9-45(69)72-64-43(67)14-15-44(64)68)75-74-27-18-42(66)62-24-22-61(23-25-62)35-16-20-63(21-17-35)49(70)56-31-32-10-11-34(28-37(32)54)57-48-47-46(51(47,52)73-53-48)33-6-4-19-55-30-33/h4,6,10-13,19,28,30,35,46-47,57H,3,5,7-9,14-18,20-27,29,31,52H2,1-2H3,(H,56,70)(H,60,65)/b59-39+. The number of anilines is 1. The molecule has 9 rings (SSSR count). The van der Waals surface area contributed by atoms with Crippen LogP contribution in [0.2, 0.25) is 0 Å². The molecular weight excluding hydrogens is 1000 g/mol. The quantitative estimate of drug-likeness (QED) is 0.0481. The van der Waals surface area contributed by atoms with E-state index in [1.807, 2.05) is 43.1 Å². The van der Waals surface area contributed by atoms with Crippen molar-refractivity contribution in [3.05, 3.63) is 83.1 Å². The van der Waals surface area contributed by atoms with Crippen LogP contribution in [-0.2, 0) is 46.4 Å². The van der Waals surface area contributed by atoms with Gasteiger partial charge in [0.1, 0.15) is 0 Å². The van der Waals surface area contributed by atoms with Crippen molar-refractivity contribution >= 4 is 89.2 Å². The number of imide groups is 1. The number of amides is 6. The molecule has 3 atom stereocenters. The van der Waals surface area contributed by atoms with E-state index in [0.29, 0.717) is 79.4 Å².